The molecule has 2 aliphatic rings. The average molecular weight is 391 g/mol. The first-order valence-electron chi connectivity index (χ1n) is 10.0. The lowest BCUT2D eigenvalue weighted by atomic mass is 9.84. The first-order chi connectivity index (χ1) is 13.4. The van der Waals surface area contributed by atoms with E-state index in [9.17, 15) is 14.0 Å². The van der Waals surface area contributed by atoms with Crippen LogP contribution in [-0.2, 0) is 14.9 Å². The lowest BCUT2D eigenvalue weighted by molar-refractivity contribution is -0.141. The largest absolute Gasteiger partial charge is 0.378 e. The zero-order chi connectivity index (χ0) is 20.1. The molecule has 0 aromatic heterocycles. The van der Waals surface area contributed by atoms with E-state index in [1.807, 2.05) is 18.7 Å². The minimum atomic E-state index is -0.298. The van der Waals surface area contributed by atoms with Crippen LogP contribution in [0.15, 0.2) is 24.3 Å². The number of halogens is 1. The van der Waals surface area contributed by atoms with Gasteiger partial charge in [0.15, 0.2) is 0 Å². The van der Waals surface area contributed by atoms with E-state index in [2.05, 4.69) is 5.32 Å². The SMILES string of the molecule is CC(C)(CNC(=O)N1CCC(C(=O)N2CCOCC2)CC1)c1ccc(F)cc1. The van der Waals surface area contributed by atoms with Crippen molar-refractivity contribution in [2.75, 3.05) is 45.9 Å². The molecule has 7 heteroatoms. The van der Waals surface area contributed by atoms with E-state index in [0.717, 1.165) is 5.56 Å². The third-order valence-corrected chi connectivity index (χ3v) is 5.76. The number of amides is 3. The lowest BCUT2D eigenvalue weighted by Crippen LogP contribution is -2.50. The molecule has 1 aromatic rings. The number of carbonyl (C=O) groups is 2. The summed E-state index contributed by atoms with van der Waals surface area (Å²) in [5.41, 5.74) is 0.678. The molecule has 2 fully saturated rings. The zero-order valence-corrected chi connectivity index (χ0v) is 16.7. The maximum atomic E-state index is 13.1. The standard InChI is InChI=1S/C21H30FN3O3/c1-21(2,17-3-5-18(22)6-4-17)15-23-20(27)25-9-7-16(8-10-25)19(26)24-11-13-28-14-12-24/h3-6,16H,7-15H2,1-2H3,(H,23,27). The molecule has 2 aliphatic heterocycles. The number of carbonyl (C=O) groups excluding carboxylic acids is 2. The highest BCUT2D eigenvalue weighted by Gasteiger charge is 2.31. The molecule has 0 bridgehead atoms. The van der Waals surface area contributed by atoms with Gasteiger partial charge in [0.05, 0.1) is 13.2 Å². The molecule has 0 radical (unpaired) electrons. The Balaban J connectivity index is 1.46. The summed E-state index contributed by atoms with van der Waals surface area (Å²) >= 11 is 0. The van der Waals surface area contributed by atoms with Crippen molar-refractivity contribution in [1.29, 1.82) is 0 Å². The lowest BCUT2D eigenvalue weighted by Gasteiger charge is -2.36. The topological polar surface area (TPSA) is 61.9 Å². The Hall–Kier alpha value is -2.15. The molecule has 0 saturated carbocycles. The van der Waals surface area contributed by atoms with Crippen molar-refractivity contribution in [3.8, 4) is 0 Å². The van der Waals surface area contributed by atoms with Gasteiger partial charge in [-0.15, -0.1) is 0 Å². The summed E-state index contributed by atoms with van der Waals surface area (Å²) in [6.45, 7) is 8.22. The molecule has 0 atom stereocenters. The summed E-state index contributed by atoms with van der Waals surface area (Å²) < 4.78 is 18.4. The van der Waals surface area contributed by atoms with Crippen molar-refractivity contribution in [3.05, 3.63) is 35.6 Å². The van der Waals surface area contributed by atoms with Gasteiger partial charge in [-0.2, -0.15) is 0 Å². The van der Waals surface area contributed by atoms with Crippen molar-refractivity contribution >= 4 is 11.9 Å². The molecule has 1 aromatic carbocycles. The summed E-state index contributed by atoms with van der Waals surface area (Å²) in [7, 11) is 0. The number of nitrogens with zero attached hydrogens (tertiary/aromatic N) is 2. The maximum absolute atomic E-state index is 13.1. The molecule has 0 unspecified atom stereocenters. The van der Waals surface area contributed by atoms with E-state index in [1.54, 1.807) is 17.0 Å². The van der Waals surface area contributed by atoms with Gasteiger partial charge >= 0.3 is 6.03 Å². The van der Waals surface area contributed by atoms with E-state index in [1.165, 1.54) is 12.1 Å². The first-order valence-corrected chi connectivity index (χ1v) is 10.0. The Morgan fingerprint density at radius 2 is 1.68 bits per heavy atom. The van der Waals surface area contributed by atoms with Crippen LogP contribution in [-0.4, -0.2) is 67.7 Å². The van der Waals surface area contributed by atoms with Crippen LogP contribution in [0.2, 0.25) is 0 Å². The zero-order valence-electron chi connectivity index (χ0n) is 16.7. The van der Waals surface area contributed by atoms with Crippen molar-refractivity contribution < 1.29 is 18.7 Å². The molecule has 6 nitrogen and oxygen atoms in total. The Morgan fingerprint density at radius 3 is 2.29 bits per heavy atom. The van der Waals surface area contributed by atoms with Gasteiger partial charge < -0.3 is 19.9 Å². The Bertz CT molecular complexity index is 679. The second-order valence-corrected chi connectivity index (χ2v) is 8.25. The summed E-state index contributed by atoms with van der Waals surface area (Å²) in [5.74, 6) is -0.0725. The van der Waals surface area contributed by atoms with Gasteiger partial charge in [0.25, 0.3) is 0 Å². The van der Waals surface area contributed by atoms with Crippen LogP contribution >= 0.6 is 0 Å². The second-order valence-electron chi connectivity index (χ2n) is 8.25. The Kier molecular flexibility index (Phi) is 6.54. The number of piperidine rings is 1. The van der Waals surface area contributed by atoms with Gasteiger partial charge in [0.1, 0.15) is 5.82 Å². The molecule has 3 amide bonds. The predicted molar refractivity (Wildman–Crippen MR) is 105 cm³/mol. The molecule has 28 heavy (non-hydrogen) atoms. The predicted octanol–water partition coefficient (Wildman–Crippen LogP) is 2.38. The van der Waals surface area contributed by atoms with E-state index in [0.29, 0.717) is 58.8 Å². The van der Waals surface area contributed by atoms with Gasteiger partial charge in [-0.3, -0.25) is 4.79 Å². The number of nitrogens with one attached hydrogen (secondary N) is 1. The van der Waals surface area contributed by atoms with Crippen LogP contribution in [0.25, 0.3) is 0 Å². The van der Waals surface area contributed by atoms with Gasteiger partial charge in [0, 0.05) is 44.1 Å². The number of urea groups is 1. The number of likely N-dealkylation sites (tertiary alicyclic amines) is 1. The molecule has 0 spiro atoms. The fraction of sp³-hybridized carbons (Fsp3) is 0.619. The number of rotatable bonds is 4. The van der Waals surface area contributed by atoms with Crippen LogP contribution in [0.3, 0.4) is 0 Å². The fourth-order valence-corrected chi connectivity index (χ4v) is 3.78. The van der Waals surface area contributed by atoms with Crippen LogP contribution in [0.4, 0.5) is 9.18 Å². The molecule has 0 aliphatic carbocycles. The summed E-state index contributed by atoms with van der Waals surface area (Å²) in [6, 6.07) is 6.28. The highest BCUT2D eigenvalue weighted by atomic mass is 19.1. The van der Waals surface area contributed by atoms with Gasteiger partial charge in [-0.25, -0.2) is 9.18 Å². The quantitative estimate of drug-likeness (QED) is 0.857. The van der Waals surface area contributed by atoms with E-state index in [-0.39, 0.29) is 29.1 Å². The number of morpholine rings is 1. The fourth-order valence-electron chi connectivity index (χ4n) is 3.78. The van der Waals surface area contributed by atoms with Gasteiger partial charge in [-0.1, -0.05) is 26.0 Å². The van der Waals surface area contributed by atoms with Crippen molar-refractivity contribution in [3.63, 3.8) is 0 Å². The molecule has 2 heterocycles. The minimum absolute atomic E-state index is 0.00203. The van der Waals surface area contributed by atoms with Crippen LogP contribution < -0.4 is 5.32 Å². The highest BCUT2D eigenvalue weighted by molar-refractivity contribution is 5.80. The number of hydrogen-bond acceptors (Lipinski definition) is 3. The smallest absolute Gasteiger partial charge is 0.317 e. The second kappa shape index (κ2) is 8.90. The third kappa shape index (κ3) is 5.01. The monoisotopic (exact) mass is 391 g/mol. The van der Waals surface area contributed by atoms with Crippen LogP contribution in [0.5, 0.6) is 0 Å². The minimum Gasteiger partial charge on any atom is -0.378 e. The number of hydrogen-bond donors (Lipinski definition) is 1. The number of benzene rings is 1. The molecule has 3 rings (SSSR count). The third-order valence-electron chi connectivity index (χ3n) is 5.76. The molecule has 2 saturated heterocycles. The molecule has 1 N–H and O–H groups in total. The normalized spacial score (nSPS) is 18.8. The van der Waals surface area contributed by atoms with Crippen molar-refractivity contribution in [2.45, 2.75) is 32.1 Å². The Labute approximate surface area is 166 Å². The Morgan fingerprint density at radius 1 is 1.07 bits per heavy atom. The summed E-state index contributed by atoms with van der Waals surface area (Å²) in [4.78, 5) is 28.8. The summed E-state index contributed by atoms with van der Waals surface area (Å²) in [6.07, 6.45) is 1.40. The van der Waals surface area contributed by atoms with Crippen molar-refractivity contribution in [2.24, 2.45) is 5.92 Å². The molecule has 154 valence electrons. The summed E-state index contributed by atoms with van der Waals surface area (Å²) in [5, 5.41) is 2.99. The maximum Gasteiger partial charge on any atom is 0.317 e. The average Bonchev–Trinajstić information content (AvgIpc) is 2.72. The van der Waals surface area contributed by atoms with E-state index >= 15 is 0 Å². The van der Waals surface area contributed by atoms with E-state index < -0.39 is 0 Å². The number of ether oxygens (including phenoxy) is 1. The highest BCUT2D eigenvalue weighted by Crippen LogP contribution is 2.23. The molecular formula is C21H30FN3O3. The van der Waals surface area contributed by atoms with Gasteiger partial charge in [0.2, 0.25) is 5.91 Å². The first kappa shape index (κ1) is 20.6. The van der Waals surface area contributed by atoms with Gasteiger partial charge in [-0.05, 0) is 30.5 Å². The van der Waals surface area contributed by atoms with E-state index in [4.69, 9.17) is 4.74 Å². The van der Waals surface area contributed by atoms with Crippen LogP contribution in [0.1, 0.15) is 32.3 Å². The van der Waals surface area contributed by atoms with Crippen LogP contribution in [0, 0.1) is 11.7 Å². The molecular weight excluding hydrogens is 361 g/mol. The van der Waals surface area contributed by atoms with Crippen molar-refractivity contribution in [1.82, 2.24) is 15.1 Å².